The average Bonchev–Trinajstić information content (AvgIpc) is 2.42. The van der Waals surface area contributed by atoms with Gasteiger partial charge in [-0.25, -0.2) is 13.6 Å². The molecule has 0 atom stereocenters. The first kappa shape index (κ1) is 18.1. The fourth-order valence-electron chi connectivity index (χ4n) is 1.57. The number of rotatable bonds is 7. The molecule has 7 nitrogen and oxygen atoms in total. The molecule has 0 radical (unpaired) electrons. The van der Waals surface area contributed by atoms with Crippen molar-refractivity contribution in [2.45, 2.75) is 31.6 Å². The first-order valence-corrected chi connectivity index (χ1v) is 8.31. The second kappa shape index (κ2) is 7.90. The molecule has 1 aromatic rings. The minimum Gasteiger partial charge on any atom is -0.456 e. The molecule has 22 heavy (non-hydrogen) atoms. The van der Waals surface area contributed by atoms with E-state index in [1.54, 1.807) is 0 Å². The van der Waals surface area contributed by atoms with E-state index in [0.717, 1.165) is 0 Å². The highest BCUT2D eigenvalue weighted by atomic mass is 32.2. The number of sulfonamides is 1. The van der Waals surface area contributed by atoms with Gasteiger partial charge in [-0.15, -0.1) is 0 Å². The molecule has 1 amide bonds. The van der Waals surface area contributed by atoms with Crippen LogP contribution in [0.1, 0.15) is 26.7 Å². The van der Waals surface area contributed by atoms with Crippen LogP contribution < -0.4 is 10.5 Å². The van der Waals surface area contributed by atoms with Crippen LogP contribution in [0.15, 0.2) is 29.2 Å². The van der Waals surface area contributed by atoms with Crippen molar-refractivity contribution >= 4 is 27.6 Å². The summed E-state index contributed by atoms with van der Waals surface area (Å²) in [5.74, 6) is -0.617. The van der Waals surface area contributed by atoms with Gasteiger partial charge < -0.3 is 10.1 Å². The smallest absolute Gasteiger partial charge is 0.306 e. The Labute approximate surface area is 129 Å². The van der Waals surface area contributed by atoms with Gasteiger partial charge in [0.1, 0.15) is 0 Å². The Bertz CT molecular complexity index is 640. The molecule has 1 rings (SSSR count). The van der Waals surface area contributed by atoms with Gasteiger partial charge in [-0.2, -0.15) is 0 Å². The molecular weight excluding hydrogens is 308 g/mol. The molecule has 122 valence electrons. The van der Waals surface area contributed by atoms with E-state index < -0.39 is 28.5 Å². The molecule has 0 bridgehead atoms. The zero-order valence-electron chi connectivity index (χ0n) is 12.5. The van der Waals surface area contributed by atoms with Crippen molar-refractivity contribution in [1.29, 1.82) is 0 Å². The zero-order chi connectivity index (χ0) is 16.8. The van der Waals surface area contributed by atoms with Crippen molar-refractivity contribution in [2.75, 3.05) is 11.9 Å². The SMILES string of the molecule is CC(C)CCC(=O)OCC(=O)Nc1cccc(S(N)(=O)=O)c1. The van der Waals surface area contributed by atoms with Gasteiger partial charge in [-0.05, 0) is 30.5 Å². The Hall–Kier alpha value is -1.93. The van der Waals surface area contributed by atoms with Crippen LogP contribution >= 0.6 is 0 Å². The lowest BCUT2D eigenvalue weighted by Gasteiger charge is -2.08. The summed E-state index contributed by atoms with van der Waals surface area (Å²) in [5.41, 5.74) is 0.259. The third-order valence-corrected chi connectivity index (χ3v) is 3.65. The number of esters is 1. The van der Waals surface area contributed by atoms with E-state index in [9.17, 15) is 18.0 Å². The molecule has 1 aromatic carbocycles. The standard InChI is InChI=1S/C14H20N2O5S/c1-10(2)6-7-14(18)21-9-13(17)16-11-4-3-5-12(8-11)22(15,19)20/h3-5,8,10H,6-7,9H2,1-2H3,(H,16,17)(H2,15,19,20). The summed E-state index contributed by atoms with van der Waals surface area (Å²) in [6, 6.07) is 5.50. The second-order valence-corrected chi connectivity index (χ2v) is 6.78. The molecule has 3 N–H and O–H groups in total. The van der Waals surface area contributed by atoms with Crippen molar-refractivity contribution in [3.63, 3.8) is 0 Å². The molecule has 0 spiro atoms. The molecule has 0 saturated heterocycles. The first-order chi connectivity index (χ1) is 10.2. The van der Waals surface area contributed by atoms with E-state index >= 15 is 0 Å². The number of nitrogens with two attached hydrogens (primary N) is 1. The normalized spacial score (nSPS) is 11.3. The van der Waals surface area contributed by atoms with Gasteiger partial charge in [0.15, 0.2) is 6.61 Å². The lowest BCUT2D eigenvalue weighted by molar-refractivity contribution is -0.147. The highest BCUT2D eigenvalue weighted by molar-refractivity contribution is 7.89. The monoisotopic (exact) mass is 328 g/mol. The van der Waals surface area contributed by atoms with Crippen LogP contribution in [-0.2, 0) is 24.3 Å². The van der Waals surface area contributed by atoms with Crippen LogP contribution in [0.3, 0.4) is 0 Å². The number of amides is 1. The van der Waals surface area contributed by atoms with Crippen LogP contribution in [0, 0.1) is 5.92 Å². The fraction of sp³-hybridized carbons (Fsp3) is 0.429. The van der Waals surface area contributed by atoms with Gasteiger partial charge in [0.05, 0.1) is 4.90 Å². The van der Waals surface area contributed by atoms with Crippen LogP contribution in [0.25, 0.3) is 0 Å². The summed E-state index contributed by atoms with van der Waals surface area (Å²) in [7, 11) is -3.84. The van der Waals surface area contributed by atoms with Gasteiger partial charge in [0.2, 0.25) is 10.0 Å². The van der Waals surface area contributed by atoms with Crippen molar-refractivity contribution in [3.05, 3.63) is 24.3 Å². The van der Waals surface area contributed by atoms with Crippen LogP contribution in [-0.4, -0.2) is 26.9 Å². The Kier molecular flexibility index (Phi) is 6.51. The number of carbonyl (C=O) groups excluding carboxylic acids is 2. The minimum atomic E-state index is -3.84. The summed E-state index contributed by atoms with van der Waals surface area (Å²) < 4.78 is 27.2. The molecule has 0 aliphatic heterocycles. The molecule has 0 aliphatic carbocycles. The van der Waals surface area contributed by atoms with Crippen molar-refractivity contribution in [3.8, 4) is 0 Å². The van der Waals surface area contributed by atoms with Crippen LogP contribution in [0.2, 0.25) is 0 Å². The maximum atomic E-state index is 11.6. The van der Waals surface area contributed by atoms with Crippen LogP contribution in [0.4, 0.5) is 5.69 Å². The molecule has 0 heterocycles. The second-order valence-electron chi connectivity index (χ2n) is 5.21. The van der Waals surface area contributed by atoms with E-state index in [2.05, 4.69) is 5.32 Å². The largest absolute Gasteiger partial charge is 0.456 e. The topological polar surface area (TPSA) is 116 Å². The summed E-state index contributed by atoms with van der Waals surface area (Å²) in [6.45, 7) is 3.55. The van der Waals surface area contributed by atoms with Gasteiger partial charge in [-0.1, -0.05) is 19.9 Å². The molecule has 0 unspecified atom stereocenters. The number of hydrogen-bond donors (Lipinski definition) is 2. The Morgan fingerprint density at radius 2 is 2.00 bits per heavy atom. The van der Waals surface area contributed by atoms with Gasteiger partial charge in [0, 0.05) is 12.1 Å². The highest BCUT2D eigenvalue weighted by Gasteiger charge is 2.11. The van der Waals surface area contributed by atoms with Crippen molar-refractivity contribution in [1.82, 2.24) is 0 Å². The Morgan fingerprint density at radius 1 is 1.32 bits per heavy atom. The molecule has 0 aromatic heterocycles. The molecule has 8 heteroatoms. The van der Waals surface area contributed by atoms with E-state index in [1.165, 1.54) is 24.3 Å². The number of benzene rings is 1. The number of ether oxygens (including phenoxy) is 1. The van der Waals surface area contributed by atoms with Crippen molar-refractivity contribution in [2.24, 2.45) is 11.1 Å². The fourth-order valence-corrected chi connectivity index (χ4v) is 2.13. The van der Waals surface area contributed by atoms with Gasteiger partial charge in [-0.3, -0.25) is 9.59 Å². The predicted molar refractivity (Wildman–Crippen MR) is 81.5 cm³/mol. The molecular formula is C14H20N2O5S. The van der Waals surface area contributed by atoms with Gasteiger partial charge in [0.25, 0.3) is 5.91 Å². The van der Waals surface area contributed by atoms with Gasteiger partial charge >= 0.3 is 5.97 Å². The minimum absolute atomic E-state index is 0.112. The third kappa shape index (κ3) is 6.68. The van der Waals surface area contributed by atoms with E-state index in [-0.39, 0.29) is 17.0 Å². The summed E-state index contributed by atoms with van der Waals surface area (Å²) in [4.78, 5) is 22.9. The van der Waals surface area contributed by atoms with Crippen molar-refractivity contribution < 1.29 is 22.7 Å². The zero-order valence-corrected chi connectivity index (χ0v) is 13.4. The molecule has 0 fully saturated rings. The first-order valence-electron chi connectivity index (χ1n) is 6.77. The number of primary sulfonamides is 1. The number of carbonyl (C=O) groups is 2. The van der Waals surface area contributed by atoms with E-state index in [4.69, 9.17) is 9.88 Å². The Morgan fingerprint density at radius 3 is 2.59 bits per heavy atom. The maximum Gasteiger partial charge on any atom is 0.306 e. The lowest BCUT2D eigenvalue weighted by atomic mass is 10.1. The number of hydrogen-bond acceptors (Lipinski definition) is 5. The number of anilines is 1. The maximum absolute atomic E-state index is 11.6. The van der Waals surface area contributed by atoms with E-state index in [0.29, 0.717) is 12.3 Å². The summed E-state index contributed by atoms with van der Waals surface area (Å²) >= 11 is 0. The molecule has 0 aliphatic rings. The van der Waals surface area contributed by atoms with Crippen LogP contribution in [0.5, 0.6) is 0 Å². The summed E-state index contributed by atoms with van der Waals surface area (Å²) in [6.07, 6.45) is 0.947. The third-order valence-electron chi connectivity index (χ3n) is 2.74. The predicted octanol–water partition coefficient (Wildman–Crippen LogP) is 1.25. The highest BCUT2D eigenvalue weighted by Crippen LogP contribution is 2.14. The lowest BCUT2D eigenvalue weighted by Crippen LogP contribution is -2.21. The summed E-state index contributed by atoms with van der Waals surface area (Å²) in [5, 5.41) is 7.44. The average molecular weight is 328 g/mol. The van der Waals surface area contributed by atoms with E-state index in [1.807, 2.05) is 13.8 Å². The Balaban J connectivity index is 2.51. The quantitative estimate of drug-likeness (QED) is 0.731. The molecule has 0 saturated carbocycles. The number of nitrogens with one attached hydrogen (secondary N) is 1.